The molecule has 82 valence electrons. The Balaban J connectivity index is 2.62. The lowest BCUT2D eigenvalue weighted by atomic mass is 10.1. The Labute approximate surface area is 108 Å². The molecule has 16 heavy (non-hydrogen) atoms. The van der Waals surface area contributed by atoms with Gasteiger partial charge in [0.2, 0.25) is 0 Å². The predicted octanol–water partition coefficient (Wildman–Crippen LogP) is 4.29. The van der Waals surface area contributed by atoms with Crippen molar-refractivity contribution in [3.63, 3.8) is 0 Å². The van der Waals surface area contributed by atoms with Crippen LogP contribution >= 0.6 is 34.8 Å². The molecule has 0 saturated heterocycles. The Kier molecular flexibility index (Phi) is 3.24. The lowest BCUT2D eigenvalue weighted by Gasteiger charge is -2.07. The summed E-state index contributed by atoms with van der Waals surface area (Å²) in [7, 11) is 0. The zero-order chi connectivity index (χ0) is 11.7. The smallest absolute Gasteiger partial charge is 0.131 e. The average molecular weight is 274 g/mol. The average Bonchev–Trinajstić information content (AvgIpc) is 2.22. The van der Waals surface area contributed by atoms with Crippen LogP contribution in [0.3, 0.4) is 0 Å². The first-order chi connectivity index (χ1) is 7.58. The first kappa shape index (κ1) is 11.5. The van der Waals surface area contributed by atoms with Gasteiger partial charge < -0.3 is 5.73 Å². The molecule has 0 aliphatic heterocycles. The van der Waals surface area contributed by atoms with Crippen LogP contribution in [-0.2, 0) is 0 Å². The highest BCUT2D eigenvalue weighted by atomic mass is 35.5. The Morgan fingerprint density at radius 2 is 1.69 bits per heavy atom. The van der Waals surface area contributed by atoms with Crippen molar-refractivity contribution in [2.45, 2.75) is 0 Å². The molecular weight excluding hydrogens is 266 g/mol. The fraction of sp³-hybridized carbons (Fsp3) is 0. The quantitative estimate of drug-likeness (QED) is 0.842. The van der Waals surface area contributed by atoms with Crippen molar-refractivity contribution >= 4 is 40.6 Å². The van der Waals surface area contributed by atoms with Crippen LogP contribution in [0.1, 0.15) is 0 Å². The van der Waals surface area contributed by atoms with Gasteiger partial charge in [-0.3, -0.25) is 0 Å². The molecule has 0 spiro atoms. The minimum atomic E-state index is 0.383. The third-order valence-corrected chi connectivity index (χ3v) is 2.86. The van der Waals surface area contributed by atoms with Gasteiger partial charge in [0.1, 0.15) is 5.82 Å². The van der Waals surface area contributed by atoms with E-state index >= 15 is 0 Å². The van der Waals surface area contributed by atoms with E-state index in [1.807, 2.05) is 0 Å². The van der Waals surface area contributed by atoms with E-state index in [0.717, 1.165) is 5.56 Å². The highest BCUT2D eigenvalue weighted by Crippen LogP contribution is 2.34. The van der Waals surface area contributed by atoms with Gasteiger partial charge in [-0.15, -0.1) is 0 Å². The van der Waals surface area contributed by atoms with Crippen LogP contribution in [0.4, 0.5) is 5.82 Å². The summed E-state index contributed by atoms with van der Waals surface area (Å²) in [6, 6.07) is 6.90. The Morgan fingerprint density at radius 1 is 0.938 bits per heavy atom. The fourth-order valence-electron chi connectivity index (χ4n) is 1.37. The van der Waals surface area contributed by atoms with Crippen LogP contribution in [0.5, 0.6) is 0 Å². The molecule has 0 atom stereocenters. The number of hydrogen-bond donors (Lipinski definition) is 1. The van der Waals surface area contributed by atoms with Crippen molar-refractivity contribution in [2.75, 3.05) is 5.73 Å². The van der Waals surface area contributed by atoms with Crippen LogP contribution < -0.4 is 5.73 Å². The lowest BCUT2D eigenvalue weighted by molar-refractivity contribution is 1.34. The number of halogens is 3. The second kappa shape index (κ2) is 4.50. The molecule has 2 N–H and O–H groups in total. The number of nitrogens with two attached hydrogens (primary N) is 1. The molecule has 1 aromatic heterocycles. The molecule has 0 unspecified atom stereocenters. The molecule has 5 heteroatoms. The molecule has 2 nitrogen and oxygen atoms in total. The second-order valence-electron chi connectivity index (χ2n) is 3.21. The molecular formula is C11H7Cl3N2. The van der Waals surface area contributed by atoms with Crippen LogP contribution in [0.15, 0.2) is 30.5 Å². The molecule has 0 amide bonds. The van der Waals surface area contributed by atoms with Gasteiger partial charge in [-0.25, -0.2) is 4.98 Å². The van der Waals surface area contributed by atoms with E-state index in [0.29, 0.717) is 26.4 Å². The Morgan fingerprint density at radius 3 is 2.38 bits per heavy atom. The molecule has 0 bridgehead atoms. The van der Waals surface area contributed by atoms with Gasteiger partial charge in [-0.1, -0.05) is 40.9 Å². The van der Waals surface area contributed by atoms with E-state index in [4.69, 9.17) is 40.5 Å². The van der Waals surface area contributed by atoms with Gasteiger partial charge in [0.15, 0.2) is 0 Å². The van der Waals surface area contributed by atoms with Crippen molar-refractivity contribution in [3.8, 4) is 11.1 Å². The third kappa shape index (κ3) is 2.24. The van der Waals surface area contributed by atoms with Crippen molar-refractivity contribution in [3.05, 3.63) is 45.5 Å². The molecule has 1 heterocycles. The number of aromatic nitrogens is 1. The maximum atomic E-state index is 6.08. The van der Waals surface area contributed by atoms with Crippen LogP contribution in [0.2, 0.25) is 15.1 Å². The van der Waals surface area contributed by atoms with Gasteiger partial charge >= 0.3 is 0 Å². The van der Waals surface area contributed by atoms with Gasteiger partial charge in [0.25, 0.3) is 0 Å². The lowest BCUT2D eigenvalue weighted by Crippen LogP contribution is -1.94. The molecule has 0 saturated carbocycles. The number of rotatable bonds is 1. The largest absolute Gasteiger partial charge is 0.383 e. The summed E-state index contributed by atoms with van der Waals surface area (Å²) in [6.07, 6.45) is 1.49. The van der Waals surface area contributed by atoms with Gasteiger partial charge in [0.05, 0.1) is 10.0 Å². The number of pyridine rings is 1. The van der Waals surface area contributed by atoms with E-state index in [1.54, 1.807) is 24.3 Å². The first-order valence-corrected chi connectivity index (χ1v) is 5.58. The Hall–Kier alpha value is -0.960. The molecule has 0 radical (unpaired) electrons. The molecule has 2 aromatic rings. The van der Waals surface area contributed by atoms with E-state index in [1.165, 1.54) is 6.20 Å². The van der Waals surface area contributed by atoms with E-state index < -0.39 is 0 Å². The van der Waals surface area contributed by atoms with Crippen molar-refractivity contribution in [1.82, 2.24) is 4.98 Å². The zero-order valence-corrected chi connectivity index (χ0v) is 10.3. The second-order valence-corrected chi connectivity index (χ2v) is 4.49. The zero-order valence-electron chi connectivity index (χ0n) is 8.05. The molecule has 0 fully saturated rings. The standard InChI is InChI=1S/C11H7Cl3N2/c12-6-1-2-8(10(14)4-6)9-3-7(13)5-16-11(9)15/h1-5H,(H2,15,16). The summed E-state index contributed by atoms with van der Waals surface area (Å²) in [5.41, 5.74) is 7.23. The summed E-state index contributed by atoms with van der Waals surface area (Å²) < 4.78 is 0. The van der Waals surface area contributed by atoms with Gasteiger partial charge in [-0.2, -0.15) is 0 Å². The molecule has 2 rings (SSSR count). The molecule has 0 aliphatic rings. The number of anilines is 1. The maximum absolute atomic E-state index is 6.08. The topological polar surface area (TPSA) is 38.9 Å². The summed E-state index contributed by atoms with van der Waals surface area (Å²) in [6.45, 7) is 0. The number of nitrogen functional groups attached to an aromatic ring is 1. The summed E-state index contributed by atoms with van der Waals surface area (Å²) in [5.74, 6) is 0.383. The van der Waals surface area contributed by atoms with E-state index in [9.17, 15) is 0 Å². The van der Waals surface area contributed by atoms with Crippen LogP contribution in [0, 0.1) is 0 Å². The highest BCUT2D eigenvalue weighted by Gasteiger charge is 2.09. The molecule has 0 aliphatic carbocycles. The van der Waals surface area contributed by atoms with Crippen molar-refractivity contribution < 1.29 is 0 Å². The Bertz CT molecular complexity index is 541. The third-order valence-electron chi connectivity index (χ3n) is 2.11. The van der Waals surface area contributed by atoms with Gasteiger partial charge in [0, 0.05) is 22.3 Å². The minimum absolute atomic E-state index is 0.383. The van der Waals surface area contributed by atoms with Crippen molar-refractivity contribution in [2.24, 2.45) is 0 Å². The number of nitrogens with zero attached hydrogens (tertiary/aromatic N) is 1. The van der Waals surface area contributed by atoms with Crippen LogP contribution in [-0.4, -0.2) is 4.98 Å². The number of hydrogen-bond acceptors (Lipinski definition) is 2. The summed E-state index contributed by atoms with van der Waals surface area (Å²) >= 11 is 17.8. The summed E-state index contributed by atoms with van der Waals surface area (Å²) in [5, 5.41) is 1.60. The summed E-state index contributed by atoms with van der Waals surface area (Å²) in [4.78, 5) is 3.97. The van der Waals surface area contributed by atoms with E-state index in [2.05, 4.69) is 4.98 Å². The SMILES string of the molecule is Nc1ncc(Cl)cc1-c1ccc(Cl)cc1Cl. The van der Waals surface area contributed by atoms with Crippen LogP contribution in [0.25, 0.3) is 11.1 Å². The highest BCUT2D eigenvalue weighted by molar-refractivity contribution is 6.36. The number of benzene rings is 1. The van der Waals surface area contributed by atoms with Gasteiger partial charge in [-0.05, 0) is 18.2 Å². The van der Waals surface area contributed by atoms with E-state index in [-0.39, 0.29) is 0 Å². The molecule has 1 aromatic carbocycles. The maximum Gasteiger partial charge on any atom is 0.131 e. The normalized spacial score (nSPS) is 10.4. The fourth-order valence-corrected chi connectivity index (χ4v) is 2.04. The predicted molar refractivity (Wildman–Crippen MR) is 69.1 cm³/mol. The first-order valence-electron chi connectivity index (χ1n) is 4.44. The van der Waals surface area contributed by atoms with Crippen molar-refractivity contribution in [1.29, 1.82) is 0 Å². The minimum Gasteiger partial charge on any atom is -0.383 e. The monoisotopic (exact) mass is 272 g/mol.